The number of hydrogen-bond donors (Lipinski definition) is 1. The van der Waals surface area contributed by atoms with Crippen LogP contribution in [-0.4, -0.2) is 169 Å². The van der Waals surface area contributed by atoms with E-state index in [1.165, 1.54) is 13.5 Å². The molecule has 66 heavy (non-hydrogen) atoms. The van der Waals surface area contributed by atoms with Gasteiger partial charge in [0, 0.05) is 214 Å². The molecule has 23 heteroatoms. The number of aryl methyl sites for hydroxylation is 2. The van der Waals surface area contributed by atoms with Gasteiger partial charge in [0.15, 0.2) is 11.3 Å². The van der Waals surface area contributed by atoms with Gasteiger partial charge >= 0.3 is 30.8 Å². The van der Waals surface area contributed by atoms with Gasteiger partial charge in [0.2, 0.25) is 0 Å². The van der Waals surface area contributed by atoms with Crippen LogP contribution in [0.25, 0.3) is 44.3 Å². The molecule has 3 radical (unpaired) electrons. The van der Waals surface area contributed by atoms with Crippen molar-refractivity contribution in [3.63, 3.8) is 0 Å². The van der Waals surface area contributed by atoms with Gasteiger partial charge in [-0.3, -0.25) is 14.2 Å². The van der Waals surface area contributed by atoms with E-state index in [2.05, 4.69) is 53.1 Å². The molecule has 6 heterocycles. The average molecular weight is 1230 g/mol. The van der Waals surface area contributed by atoms with Crippen molar-refractivity contribution in [1.82, 2.24) is 37.5 Å². The van der Waals surface area contributed by atoms with Crippen molar-refractivity contribution in [2.75, 3.05) is 0 Å². The second kappa shape index (κ2) is 27.9. The summed E-state index contributed by atoms with van der Waals surface area (Å²) in [7, 11) is -3.89. The SMILES string of the molecule is C.Cn1cc(-c2cn(S(=O)(=O)c3ccccc3)c3ncc(Br)cc23)cn1.Cn1cc(-c2cn(S(=O)(=O)c3ccccc3)c3ncc(Cc4ccccc4)cc23)cn1.O=COO.[Ag].[K].[K].[O]=[Ag]. The Kier molecular flexibility index (Phi) is 25.3. The van der Waals surface area contributed by atoms with Crippen LogP contribution in [-0.2, 0) is 96.9 Å². The second-order valence-electron chi connectivity index (χ2n) is 13.2. The van der Waals surface area contributed by atoms with Crippen LogP contribution >= 0.6 is 15.9 Å². The predicted octanol–water partition coefficient (Wildman–Crippen LogP) is 7.08. The fourth-order valence-corrected chi connectivity index (χ4v) is 9.49. The molecule has 3 aromatic carbocycles. The quantitative estimate of drug-likeness (QED) is 0.0667. The minimum atomic E-state index is -3.79. The summed E-state index contributed by atoms with van der Waals surface area (Å²) < 4.78 is 67.6. The number of aromatic nitrogens is 8. The van der Waals surface area contributed by atoms with Gasteiger partial charge < -0.3 is 4.89 Å². The van der Waals surface area contributed by atoms with Gasteiger partial charge in [-0.25, -0.2) is 40.0 Å². The van der Waals surface area contributed by atoms with Gasteiger partial charge in [0.05, 0.1) is 22.2 Å². The van der Waals surface area contributed by atoms with Gasteiger partial charge in [0.25, 0.3) is 20.0 Å². The van der Waals surface area contributed by atoms with Gasteiger partial charge in [-0.15, -0.1) is 0 Å². The van der Waals surface area contributed by atoms with Gasteiger partial charge in [0.1, 0.15) is 0 Å². The number of rotatable bonds is 9. The summed E-state index contributed by atoms with van der Waals surface area (Å²) in [5.41, 5.74) is 6.18. The van der Waals surface area contributed by atoms with Crippen molar-refractivity contribution >= 4 is 167 Å². The Morgan fingerprint density at radius 2 is 1.03 bits per heavy atom. The summed E-state index contributed by atoms with van der Waals surface area (Å²) in [4.78, 5) is 20.9. The molecule has 0 aliphatic carbocycles. The fraction of sp³-hybridized carbons (Fsp3) is 0.0930. The number of pyridine rings is 2. The number of nitrogens with zero attached hydrogens (tertiary/aromatic N) is 8. The van der Waals surface area contributed by atoms with Crippen LogP contribution in [0.5, 0.6) is 0 Å². The van der Waals surface area contributed by atoms with Crippen LogP contribution in [0.2, 0.25) is 0 Å². The molecule has 9 aromatic rings. The topological polar surface area (TPSA) is 203 Å². The van der Waals surface area contributed by atoms with E-state index in [1.807, 2.05) is 56.8 Å². The number of carbonyl (C=O) groups excluding carboxylic acids is 1. The Bertz CT molecular complexity index is 3200. The molecule has 0 unspecified atom stereocenters. The summed E-state index contributed by atoms with van der Waals surface area (Å²) in [6, 6.07) is 30.7. The number of halogens is 1. The maximum absolute atomic E-state index is 13.4. The molecular weight excluding hydrogens is 1190 g/mol. The fourth-order valence-electron chi connectivity index (χ4n) is 6.46. The van der Waals surface area contributed by atoms with E-state index in [0.717, 1.165) is 43.1 Å². The Hall–Kier alpha value is -2.18. The molecule has 9 rings (SSSR count). The third kappa shape index (κ3) is 14.2. The van der Waals surface area contributed by atoms with Crippen LogP contribution < -0.4 is 0 Å². The van der Waals surface area contributed by atoms with E-state index in [4.69, 9.17) is 13.3 Å². The van der Waals surface area contributed by atoms with Crippen molar-refractivity contribution in [3.05, 3.63) is 168 Å². The second-order valence-corrected chi connectivity index (χ2v) is 17.8. The zero-order chi connectivity index (χ0) is 44.4. The monoisotopic (exact) mass is 1230 g/mol. The summed E-state index contributed by atoms with van der Waals surface area (Å²) in [5, 5.41) is 17.0. The molecule has 0 spiro atoms. The molecule has 342 valence electrons. The van der Waals surface area contributed by atoms with E-state index in [1.54, 1.807) is 128 Å². The standard InChI is InChI=1S/C24H20N4O2S.C17H13BrN4O2S.CH2O3.CH4.2Ag.2K.O/c1-27-16-20(15-26-27)23-17-28(31(29,30)21-10-6-3-7-11-21)24-22(23)13-19(14-25-24)12-18-8-4-2-5-9-18;1-21-10-12(8-20-21)16-11-22(17-15(16)7-13(18)9-19-17)25(23,24)14-5-3-2-4-6-14;2-1-4-3;;;;;;/h2-11,13-17H,12H2,1H3;2-11H,1H3;1,3H;1H4;;;;;. The Morgan fingerprint density at radius 3 is 1.42 bits per heavy atom. The molecule has 1 N–H and O–H groups in total. The molecule has 0 atom stereocenters. The number of benzene rings is 3. The van der Waals surface area contributed by atoms with E-state index in [0.29, 0.717) is 17.7 Å². The molecule has 0 fully saturated rings. The zero-order valence-electron chi connectivity index (χ0n) is 34.9. The van der Waals surface area contributed by atoms with E-state index in [9.17, 15) is 16.8 Å². The molecule has 0 bridgehead atoms. The molecule has 16 nitrogen and oxygen atoms in total. The summed E-state index contributed by atoms with van der Waals surface area (Å²) in [5.74, 6) is 0. The zero-order valence-corrected chi connectivity index (χ0v) is 47.3. The Balaban J connectivity index is 0.000000390. The van der Waals surface area contributed by atoms with Gasteiger partial charge in [-0.05, 0) is 69.9 Å². The van der Waals surface area contributed by atoms with Crippen LogP contribution in [0.3, 0.4) is 0 Å². The summed E-state index contributed by atoms with van der Waals surface area (Å²) >= 11 is 5.11. The van der Waals surface area contributed by atoms with Crippen molar-refractivity contribution in [3.8, 4) is 22.3 Å². The van der Waals surface area contributed by atoms with Crippen LogP contribution in [0, 0.1) is 0 Å². The first-order valence-corrected chi connectivity index (χ1v) is 22.3. The third-order valence-electron chi connectivity index (χ3n) is 9.17. The van der Waals surface area contributed by atoms with Crippen molar-refractivity contribution in [2.45, 2.75) is 23.6 Å². The van der Waals surface area contributed by atoms with E-state index in [-0.39, 0.29) is 149 Å². The molecule has 0 aliphatic heterocycles. The van der Waals surface area contributed by atoms with Gasteiger partial charge in [-0.1, -0.05) is 74.2 Å². The minimum absolute atomic E-state index is 0. The van der Waals surface area contributed by atoms with Crippen LogP contribution in [0.15, 0.2) is 167 Å². The summed E-state index contributed by atoms with van der Waals surface area (Å²) in [6.45, 7) is -0.0694. The summed E-state index contributed by atoms with van der Waals surface area (Å²) in [6.07, 6.45) is 14.5. The first kappa shape index (κ1) is 59.9. The molecular formula is C43H39Ag2BrK2N8O8S2. The number of carbonyl (C=O) groups is 1. The van der Waals surface area contributed by atoms with Crippen LogP contribution in [0.4, 0.5) is 0 Å². The first-order chi connectivity index (χ1) is 29.9. The molecule has 0 saturated carbocycles. The van der Waals surface area contributed by atoms with E-state index >= 15 is 0 Å². The molecule has 0 saturated heterocycles. The van der Waals surface area contributed by atoms with Crippen molar-refractivity contribution < 1.29 is 78.4 Å². The van der Waals surface area contributed by atoms with Crippen LogP contribution in [0.1, 0.15) is 18.6 Å². The average Bonchev–Trinajstić information content (AvgIpc) is 4.11. The Labute approximate surface area is 503 Å². The normalized spacial score (nSPS) is 10.5. The number of fused-ring (bicyclic) bond motifs is 2. The molecule has 0 aliphatic rings. The molecule has 0 amide bonds. The third-order valence-corrected chi connectivity index (χ3v) is 12.9. The first-order valence-electron chi connectivity index (χ1n) is 18.1. The maximum atomic E-state index is 13.4. The van der Waals surface area contributed by atoms with Gasteiger partial charge in [-0.2, -0.15) is 10.2 Å². The molecule has 6 aromatic heterocycles. The number of hydrogen-bond acceptors (Lipinski definition) is 12. The van der Waals surface area contributed by atoms with Crippen molar-refractivity contribution in [2.24, 2.45) is 14.1 Å². The predicted molar refractivity (Wildman–Crippen MR) is 248 cm³/mol. The van der Waals surface area contributed by atoms with Crippen molar-refractivity contribution in [1.29, 1.82) is 0 Å². The Morgan fingerprint density at radius 1 is 0.636 bits per heavy atom. The van der Waals surface area contributed by atoms with E-state index < -0.39 is 20.0 Å².